The topological polar surface area (TPSA) is 52.6 Å². The summed E-state index contributed by atoms with van der Waals surface area (Å²) in [5.41, 5.74) is 1.67. The van der Waals surface area contributed by atoms with Crippen LogP contribution in [0.15, 0.2) is 18.2 Å². The Kier molecular flexibility index (Phi) is 4.60. The molecule has 4 nitrogen and oxygen atoms in total. The number of fused-ring (bicyclic) bond motifs is 1. The number of carbonyl (C=O) groups is 1. The molecular weight excluding hydrogens is 321 g/mol. The maximum atomic E-state index is 12.5. The number of amides is 2. The number of phenols is 1. The van der Waals surface area contributed by atoms with E-state index in [1.807, 2.05) is 6.07 Å². The predicted molar refractivity (Wildman–Crippen MR) is 82.7 cm³/mol. The molecule has 1 saturated carbocycles. The number of rotatable bonds is 4. The molecule has 0 bridgehead atoms. The molecule has 24 heavy (non-hydrogen) atoms. The van der Waals surface area contributed by atoms with E-state index in [0.717, 1.165) is 30.4 Å². The third kappa shape index (κ3) is 3.60. The number of carbonyl (C=O) groups excluding carboxylic acids is 1. The van der Waals surface area contributed by atoms with Gasteiger partial charge in [-0.15, -0.1) is 0 Å². The monoisotopic (exact) mass is 342 g/mol. The van der Waals surface area contributed by atoms with E-state index in [-0.39, 0.29) is 24.4 Å². The van der Waals surface area contributed by atoms with Crippen LogP contribution in [0.5, 0.6) is 5.75 Å². The van der Waals surface area contributed by atoms with E-state index in [1.54, 1.807) is 12.1 Å². The van der Waals surface area contributed by atoms with Gasteiger partial charge in [0.05, 0.1) is 12.5 Å². The summed E-state index contributed by atoms with van der Waals surface area (Å²) in [4.78, 5) is 13.9. The number of nitrogens with zero attached hydrogens (tertiary/aromatic N) is 1. The van der Waals surface area contributed by atoms with Crippen molar-refractivity contribution in [1.82, 2.24) is 10.2 Å². The molecule has 1 aromatic rings. The lowest BCUT2D eigenvalue weighted by atomic mass is 9.91. The summed E-state index contributed by atoms with van der Waals surface area (Å²) in [6, 6.07) is 4.37. The van der Waals surface area contributed by atoms with Gasteiger partial charge in [0.25, 0.3) is 0 Å². The lowest BCUT2D eigenvalue weighted by Crippen LogP contribution is -2.50. The molecule has 0 heterocycles. The molecule has 2 aliphatic carbocycles. The van der Waals surface area contributed by atoms with E-state index in [2.05, 4.69) is 5.32 Å². The van der Waals surface area contributed by atoms with Crippen molar-refractivity contribution in [3.63, 3.8) is 0 Å². The van der Waals surface area contributed by atoms with E-state index < -0.39 is 18.6 Å². The van der Waals surface area contributed by atoms with Gasteiger partial charge in [-0.3, -0.25) is 0 Å². The average molecular weight is 342 g/mol. The number of urea groups is 1. The van der Waals surface area contributed by atoms with Crippen molar-refractivity contribution in [2.45, 2.75) is 56.8 Å². The summed E-state index contributed by atoms with van der Waals surface area (Å²) in [5, 5.41) is 12.7. The van der Waals surface area contributed by atoms with Gasteiger partial charge in [-0.2, -0.15) is 13.2 Å². The molecule has 2 N–H and O–H groups in total. The number of hydrogen-bond acceptors (Lipinski definition) is 2. The number of benzene rings is 1. The van der Waals surface area contributed by atoms with Crippen molar-refractivity contribution >= 4 is 6.03 Å². The molecular formula is C17H21F3N2O2. The third-order valence-corrected chi connectivity index (χ3v) is 4.96. The summed E-state index contributed by atoms with van der Waals surface area (Å²) in [6.07, 6.45) is -1.50. The van der Waals surface area contributed by atoms with Crippen molar-refractivity contribution in [2.24, 2.45) is 0 Å². The molecule has 7 heteroatoms. The Morgan fingerprint density at radius 3 is 2.67 bits per heavy atom. The van der Waals surface area contributed by atoms with Gasteiger partial charge in [-0.1, -0.05) is 12.1 Å². The van der Waals surface area contributed by atoms with Crippen LogP contribution in [0.2, 0.25) is 0 Å². The van der Waals surface area contributed by atoms with Gasteiger partial charge in [-0.05, 0) is 49.3 Å². The van der Waals surface area contributed by atoms with Crippen LogP contribution in [0.3, 0.4) is 0 Å². The lowest BCUT2D eigenvalue weighted by Gasteiger charge is -2.38. The highest BCUT2D eigenvalue weighted by Gasteiger charge is 2.35. The average Bonchev–Trinajstić information content (AvgIpc) is 2.85. The fraction of sp³-hybridized carbons (Fsp3) is 0.588. The zero-order valence-electron chi connectivity index (χ0n) is 13.3. The summed E-state index contributed by atoms with van der Waals surface area (Å²) < 4.78 is 37.6. The zero-order valence-corrected chi connectivity index (χ0v) is 13.3. The highest BCUT2D eigenvalue weighted by atomic mass is 19.4. The molecule has 1 fully saturated rings. The molecule has 0 aliphatic heterocycles. The smallest absolute Gasteiger partial charge is 0.390 e. The summed E-state index contributed by atoms with van der Waals surface area (Å²) in [7, 11) is 0. The number of hydrogen-bond donors (Lipinski definition) is 2. The zero-order chi connectivity index (χ0) is 17.3. The summed E-state index contributed by atoms with van der Waals surface area (Å²) >= 11 is 0. The Labute approximate surface area is 138 Å². The van der Waals surface area contributed by atoms with Crippen LogP contribution in [-0.4, -0.2) is 34.8 Å². The van der Waals surface area contributed by atoms with E-state index in [4.69, 9.17) is 0 Å². The Hall–Kier alpha value is -1.92. The minimum atomic E-state index is -4.27. The fourth-order valence-electron chi connectivity index (χ4n) is 3.41. The Balaban J connectivity index is 1.67. The minimum absolute atomic E-state index is 0.0996. The van der Waals surface area contributed by atoms with E-state index >= 15 is 0 Å². The number of alkyl halides is 3. The molecule has 0 unspecified atom stereocenters. The van der Waals surface area contributed by atoms with Crippen LogP contribution in [0.1, 0.15) is 49.3 Å². The second-order valence-electron chi connectivity index (χ2n) is 6.53. The Morgan fingerprint density at radius 1 is 1.29 bits per heavy atom. The molecule has 0 radical (unpaired) electrons. The summed E-state index contributed by atoms with van der Waals surface area (Å²) in [5.74, 6) is 0.206. The largest absolute Gasteiger partial charge is 0.508 e. The molecule has 3 rings (SSSR count). The van der Waals surface area contributed by atoms with Crippen LogP contribution in [0.25, 0.3) is 0 Å². The summed E-state index contributed by atoms with van der Waals surface area (Å²) in [6.45, 7) is -0.306. The highest BCUT2D eigenvalue weighted by Crippen LogP contribution is 2.36. The first-order valence-electron chi connectivity index (χ1n) is 8.30. The van der Waals surface area contributed by atoms with Gasteiger partial charge in [0.1, 0.15) is 5.75 Å². The van der Waals surface area contributed by atoms with E-state index in [1.165, 1.54) is 4.90 Å². The standard InChI is InChI=1S/C17H21F3N2O2/c18-17(19,20)9-10-22(11-3-1-4-11)16(24)21-14-8-7-13-12(14)5-2-6-15(13)23/h2,5-6,11,14,23H,1,3-4,7-10H2,(H,21,24)/t14-/m0/s1. The van der Waals surface area contributed by atoms with Crippen LogP contribution in [0, 0.1) is 0 Å². The number of halogens is 3. The van der Waals surface area contributed by atoms with Gasteiger partial charge in [0, 0.05) is 12.6 Å². The molecule has 1 atom stereocenters. The number of nitrogens with one attached hydrogen (secondary N) is 1. The third-order valence-electron chi connectivity index (χ3n) is 4.96. The Morgan fingerprint density at radius 2 is 2.04 bits per heavy atom. The van der Waals surface area contributed by atoms with Crippen molar-refractivity contribution in [3.8, 4) is 5.75 Å². The first kappa shape index (κ1) is 16.9. The first-order chi connectivity index (χ1) is 11.3. The molecule has 1 aromatic carbocycles. The Bertz CT molecular complexity index is 614. The van der Waals surface area contributed by atoms with Crippen LogP contribution >= 0.6 is 0 Å². The van der Waals surface area contributed by atoms with Crippen molar-refractivity contribution in [2.75, 3.05) is 6.54 Å². The maximum Gasteiger partial charge on any atom is 0.390 e. The van der Waals surface area contributed by atoms with Crippen LogP contribution < -0.4 is 5.32 Å². The van der Waals surface area contributed by atoms with Gasteiger partial charge in [0.15, 0.2) is 0 Å². The number of phenolic OH excluding ortho intramolecular Hbond substituents is 1. The van der Waals surface area contributed by atoms with Gasteiger partial charge in [-0.25, -0.2) is 4.79 Å². The second kappa shape index (κ2) is 6.53. The molecule has 0 spiro atoms. The predicted octanol–water partition coefficient (Wildman–Crippen LogP) is 3.90. The number of aromatic hydroxyl groups is 1. The lowest BCUT2D eigenvalue weighted by molar-refractivity contribution is -0.138. The molecule has 2 aliphatic rings. The van der Waals surface area contributed by atoms with Gasteiger partial charge >= 0.3 is 12.2 Å². The highest BCUT2D eigenvalue weighted by molar-refractivity contribution is 5.75. The second-order valence-corrected chi connectivity index (χ2v) is 6.53. The van der Waals surface area contributed by atoms with Gasteiger partial charge < -0.3 is 15.3 Å². The van der Waals surface area contributed by atoms with E-state index in [9.17, 15) is 23.1 Å². The minimum Gasteiger partial charge on any atom is -0.508 e. The van der Waals surface area contributed by atoms with Crippen LogP contribution in [0.4, 0.5) is 18.0 Å². The molecule has 0 aromatic heterocycles. The SMILES string of the molecule is O=C(N[C@H]1CCc2c(O)cccc21)N(CCC(F)(F)F)C1CCC1. The normalized spacial score (nSPS) is 20.4. The van der Waals surface area contributed by atoms with Crippen molar-refractivity contribution < 1.29 is 23.1 Å². The fourth-order valence-corrected chi connectivity index (χ4v) is 3.41. The quantitative estimate of drug-likeness (QED) is 0.872. The van der Waals surface area contributed by atoms with Crippen LogP contribution in [-0.2, 0) is 6.42 Å². The first-order valence-corrected chi connectivity index (χ1v) is 8.30. The molecule has 0 saturated heterocycles. The van der Waals surface area contributed by atoms with E-state index in [0.29, 0.717) is 12.8 Å². The van der Waals surface area contributed by atoms with Crippen molar-refractivity contribution in [3.05, 3.63) is 29.3 Å². The maximum absolute atomic E-state index is 12.5. The molecule has 132 valence electrons. The van der Waals surface area contributed by atoms with Gasteiger partial charge in [0.2, 0.25) is 0 Å². The van der Waals surface area contributed by atoms with Crippen molar-refractivity contribution in [1.29, 1.82) is 0 Å². The molecule has 2 amide bonds.